The molecule has 3 aromatic rings. The highest BCUT2D eigenvalue weighted by molar-refractivity contribution is 7.14. The van der Waals surface area contributed by atoms with Crippen LogP contribution in [0.1, 0.15) is 26.3 Å². The minimum Gasteiger partial charge on any atom is -0.497 e. The number of nitrogens with one attached hydrogen (secondary N) is 1. The number of hydrazone groups is 1. The third-order valence-electron chi connectivity index (χ3n) is 3.55. The molecule has 3 rings (SSSR count). The molecule has 1 heterocycles. The van der Waals surface area contributed by atoms with Gasteiger partial charge >= 0.3 is 0 Å². The Labute approximate surface area is 163 Å². The molecule has 0 saturated carbocycles. The molecule has 0 unspecified atom stereocenters. The van der Waals surface area contributed by atoms with E-state index < -0.39 is 0 Å². The number of hydrogen-bond acceptors (Lipinski definition) is 6. The van der Waals surface area contributed by atoms with Crippen LogP contribution in [0.2, 0.25) is 0 Å². The maximum Gasteiger partial charge on any atom is 0.203 e. The van der Waals surface area contributed by atoms with Gasteiger partial charge in [-0.1, -0.05) is 12.1 Å². The van der Waals surface area contributed by atoms with Crippen molar-refractivity contribution in [1.82, 2.24) is 4.98 Å². The lowest BCUT2D eigenvalue weighted by molar-refractivity contribution is 0.131. The second-order valence-corrected chi connectivity index (χ2v) is 7.78. The second kappa shape index (κ2) is 8.22. The first-order valence-electron chi connectivity index (χ1n) is 8.61. The third-order valence-corrected chi connectivity index (χ3v) is 4.29. The average Bonchev–Trinajstić information content (AvgIpc) is 3.11. The topological polar surface area (TPSA) is 55.7 Å². The van der Waals surface area contributed by atoms with E-state index in [9.17, 15) is 0 Å². The smallest absolute Gasteiger partial charge is 0.203 e. The largest absolute Gasteiger partial charge is 0.497 e. The molecule has 0 radical (unpaired) electrons. The van der Waals surface area contributed by atoms with E-state index in [1.165, 1.54) is 11.3 Å². The van der Waals surface area contributed by atoms with E-state index in [4.69, 9.17) is 9.47 Å². The molecule has 27 heavy (non-hydrogen) atoms. The average molecular weight is 382 g/mol. The molecule has 6 heteroatoms. The number of nitrogens with zero attached hydrogens (tertiary/aromatic N) is 2. The molecule has 140 valence electrons. The summed E-state index contributed by atoms with van der Waals surface area (Å²) in [6.07, 6.45) is 1.76. The molecule has 1 aromatic heterocycles. The summed E-state index contributed by atoms with van der Waals surface area (Å²) >= 11 is 1.50. The maximum atomic E-state index is 5.81. The molecule has 0 aliphatic rings. The number of hydrogen-bond donors (Lipinski definition) is 1. The third kappa shape index (κ3) is 5.56. The molecule has 1 N–H and O–H groups in total. The van der Waals surface area contributed by atoms with Crippen molar-refractivity contribution < 1.29 is 9.47 Å². The lowest BCUT2D eigenvalue weighted by Crippen LogP contribution is -2.22. The first-order valence-corrected chi connectivity index (χ1v) is 9.49. The number of ether oxygens (including phenoxy) is 2. The summed E-state index contributed by atoms with van der Waals surface area (Å²) < 4.78 is 11.1. The zero-order chi connectivity index (χ0) is 19.3. The first kappa shape index (κ1) is 18.9. The summed E-state index contributed by atoms with van der Waals surface area (Å²) in [5, 5.41) is 6.99. The lowest BCUT2D eigenvalue weighted by Gasteiger charge is -2.21. The highest BCUT2D eigenvalue weighted by Crippen LogP contribution is 2.27. The van der Waals surface area contributed by atoms with Crippen molar-refractivity contribution in [3.63, 3.8) is 0 Å². The van der Waals surface area contributed by atoms with E-state index >= 15 is 0 Å². The number of aromatic nitrogens is 1. The summed E-state index contributed by atoms with van der Waals surface area (Å²) in [5.74, 6) is 1.65. The van der Waals surface area contributed by atoms with Gasteiger partial charge in [-0.2, -0.15) is 5.10 Å². The zero-order valence-corrected chi connectivity index (χ0v) is 16.7. The van der Waals surface area contributed by atoms with Crippen molar-refractivity contribution in [3.8, 4) is 22.8 Å². The van der Waals surface area contributed by atoms with Crippen LogP contribution < -0.4 is 14.9 Å². The number of thiazole rings is 1. The van der Waals surface area contributed by atoms with Gasteiger partial charge < -0.3 is 9.47 Å². The molecule has 0 aliphatic heterocycles. The van der Waals surface area contributed by atoms with Crippen molar-refractivity contribution >= 4 is 22.7 Å². The Kier molecular flexibility index (Phi) is 5.76. The van der Waals surface area contributed by atoms with Crippen molar-refractivity contribution in [2.75, 3.05) is 12.5 Å². The molecular formula is C21H23N3O2S. The molecule has 2 aromatic carbocycles. The van der Waals surface area contributed by atoms with Gasteiger partial charge in [-0.15, -0.1) is 11.3 Å². The second-order valence-electron chi connectivity index (χ2n) is 6.92. The van der Waals surface area contributed by atoms with Crippen LogP contribution in [0.4, 0.5) is 5.13 Å². The first-order chi connectivity index (χ1) is 12.9. The SMILES string of the molecule is COc1cccc(-c2csc(N/N=C\c3ccc(OC(C)(C)C)cc3)n2)c1. The Balaban J connectivity index is 1.61. The highest BCUT2D eigenvalue weighted by atomic mass is 32.1. The van der Waals surface area contributed by atoms with Gasteiger partial charge in [0, 0.05) is 10.9 Å². The van der Waals surface area contributed by atoms with E-state index in [2.05, 4.69) is 15.5 Å². The van der Waals surface area contributed by atoms with Crippen LogP contribution in [0.15, 0.2) is 59.0 Å². The molecule has 5 nitrogen and oxygen atoms in total. The van der Waals surface area contributed by atoms with Gasteiger partial charge in [0.2, 0.25) is 5.13 Å². The number of methoxy groups -OCH3 is 1. The summed E-state index contributed by atoms with van der Waals surface area (Å²) in [7, 11) is 1.66. The molecule has 0 saturated heterocycles. The van der Waals surface area contributed by atoms with E-state index in [0.29, 0.717) is 0 Å². The van der Waals surface area contributed by atoms with E-state index in [1.807, 2.05) is 74.7 Å². The minimum atomic E-state index is -0.206. The van der Waals surface area contributed by atoms with Gasteiger partial charge in [0.15, 0.2) is 0 Å². The Morgan fingerprint density at radius 2 is 1.85 bits per heavy atom. The van der Waals surface area contributed by atoms with Crippen LogP contribution in [0.3, 0.4) is 0 Å². The summed E-state index contributed by atoms with van der Waals surface area (Å²) in [5.41, 5.74) is 5.65. The fourth-order valence-corrected chi connectivity index (χ4v) is 3.05. The van der Waals surface area contributed by atoms with Crippen molar-refractivity contribution in [2.24, 2.45) is 5.10 Å². The number of benzene rings is 2. The van der Waals surface area contributed by atoms with Gasteiger partial charge in [-0.05, 0) is 62.7 Å². The summed E-state index contributed by atoms with van der Waals surface area (Å²) in [6, 6.07) is 15.7. The van der Waals surface area contributed by atoms with Crippen LogP contribution in [0.5, 0.6) is 11.5 Å². The van der Waals surface area contributed by atoms with Crippen LogP contribution in [-0.2, 0) is 0 Å². The molecule has 0 fully saturated rings. The normalized spacial score (nSPS) is 11.6. The monoisotopic (exact) mass is 381 g/mol. The Morgan fingerprint density at radius 3 is 2.56 bits per heavy atom. The number of rotatable bonds is 6. The fraction of sp³-hybridized carbons (Fsp3) is 0.238. The molecular weight excluding hydrogens is 358 g/mol. The summed E-state index contributed by atoms with van der Waals surface area (Å²) in [4.78, 5) is 4.56. The Bertz CT molecular complexity index is 912. The molecule has 0 atom stereocenters. The van der Waals surface area contributed by atoms with Gasteiger partial charge in [-0.25, -0.2) is 4.98 Å². The summed E-state index contributed by atoms with van der Waals surface area (Å²) in [6.45, 7) is 6.08. The van der Waals surface area contributed by atoms with Gasteiger partial charge in [0.05, 0.1) is 19.0 Å². The highest BCUT2D eigenvalue weighted by Gasteiger charge is 2.11. The van der Waals surface area contributed by atoms with E-state index in [0.717, 1.165) is 33.5 Å². The molecule has 0 aliphatic carbocycles. The van der Waals surface area contributed by atoms with Gasteiger partial charge in [-0.3, -0.25) is 5.43 Å². The number of anilines is 1. The quantitative estimate of drug-likeness (QED) is 0.456. The Hall–Kier alpha value is -2.86. The fourth-order valence-electron chi connectivity index (χ4n) is 2.38. The van der Waals surface area contributed by atoms with Crippen molar-refractivity contribution in [3.05, 3.63) is 59.5 Å². The van der Waals surface area contributed by atoms with E-state index in [1.54, 1.807) is 13.3 Å². The maximum absolute atomic E-state index is 5.81. The van der Waals surface area contributed by atoms with Gasteiger partial charge in [0.25, 0.3) is 0 Å². The Morgan fingerprint density at radius 1 is 1.07 bits per heavy atom. The van der Waals surface area contributed by atoms with Crippen LogP contribution in [0.25, 0.3) is 11.3 Å². The van der Waals surface area contributed by atoms with Crippen LogP contribution in [0, 0.1) is 0 Å². The molecule has 0 bridgehead atoms. The van der Waals surface area contributed by atoms with Crippen molar-refractivity contribution in [2.45, 2.75) is 26.4 Å². The zero-order valence-electron chi connectivity index (χ0n) is 15.9. The standard InChI is InChI=1S/C21H23N3O2S/c1-21(2,3)26-17-10-8-15(9-11-17)13-22-24-20-23-19(14-27-20)16-6-5-7-18(12-16)25-4/h5-14H,1-4H3,(H,23,24)/b22-13-. The lowest BCUT2D eigenvalue weighted by atomic mass is 10.2. The van der Waals surface area contributed by atoms with Crippen LogP contribution >= 0.6 is 11.3 Å². The predicted molar refractivity (Wildman–Crippen MR) is 112 cm³/mol. The predicted octanol–water partition coefficient (Wildman–Crippen LogP) is 5.44. The molecule has 0 amide bonds. The van der Waals surface area contributed by atoms with Crippen LogP contribution in [-0.4, -0.2) is 23.9 Å². The van der Waals surface area contributed by atoms with Gasteiger partial charge in [0.1, 0.15) is 17.1 Å². The molecule has 0 spiro atoms. The minimum absolute atomic E-state index is 0.206. The van der Waals surface area contributed by atoms with E-state index in [-0.39, 0.29) is 5.60 Å². The van der Waals surface area contributed by atoms with Crippen molar-refractivity contribution in [1.29, 1.82) is 0 Å².